The van der Waals surface area contributed by atoms with E-state index in [1.165, 1.54) is 22.9 Å². The minimum absolute atomic E-state index is 0.0579. The number of halogens is 1. The van der Waals surface area contributed by atoms with Gasteiger partial charge in [0.2, 0.25) is 11.8 Å². The molecule has 2 amide bonds. The van der Waals surface area contributed by atoms with E-state index in [4.69, 9.17) is 4.74 Å². The molecule has 4 rings (SSSR count). The summed E-state index contributed by atoms with van der Waals surface area (Å²) in [4.78, 5) is 24.9. The lowest BCUT2D eigenvalue weighted by Gasteiger charge is -2.24. The number of para-hydroxylation sites is 1. The minimum atomic E-state index is -0.879. The van der Waals surface area contributed by atoms with Crippen molar-refractivity contribution in [1.29, 1.82) is 0 Å². The predicted octanol–water partition coefficient (Wildman–Crippen LogP) is 3.22. The molecule has 0 radical (unpaired) electrons. The van der Waals surface area contributed by atoms with Crippen molar-refractivity contribution in [3.05, 3.63) is 60.5 Å². The molecule has 8 heteroatoms. The molecule has 0 spiro atoms. The van der Waals surface area contributed by atoms with Crippen LogP contribution >= 0.6 is 0 Å². The highest BCUT2D eigenvalue weighted by Gasteiger charge is 2.33. The number of nitrogens with zero attached hydrogens (tertiary/aromatic N) is 2. The SMILES string of the molecule is COc1ccc(-c2cnn3c2NC(=O)CC3C(=O)Nc2ccccc2F)cc1. The molecular weight excluding hydrogens is 363 g/mol. The predicted molar refractivity (Wildman–Crippen MR) is 102 cm³/mol. The first-order chi connectivity index (χ1) is 13.6. The van der Waals surface area contributed by atoms with Crippen LogP contribution in [-0.4, -0.2) is 28.7 Å². The van der Waals surface area contributed by atoms with Gasteiger partial charge in [0.1, 0.15) is 23.4 Å². The van der Waals surface area contributed by atoms with Crippen LogP contribution in [0.4, 0.5) is 15.9 Å². The van der Waals surface area contributed by atoms with Gasteiger partial charge in [-0.2, -0.15) is 5.10 Å². The zero-order valence-electron chi connectivity index (χ0n) is 15.0. The van der Waals surface area contributed by atoms with Crippen LogP contribution in [0, 0.1) is 5.82 Å². The summed E-state index contributed by atoms with van der Waals surface area (Å²) in [5, 5.41) is 9.60. The fourth-order valence-electron chi connectivity index (χ4n) is 3.13. The number of fused-ring (bicyclic) bond motifs is 1. The Morgan fingerprint density at radius 1 is 1.25 bits per heavy atom. The fraction of sp³-hybridized carbons (Fsp3) is 0.150. The number of amides is 2. The summed E-state index contributed by atoms with van der Waals surface area (Å²) in [7, 11) is 1.58. The highest BCUT2D eigenvalue weighted by Crippen LogP contribution is 2.35. The van der Waals surface area contributed by atoms with E-state index < -0.39 is 17.8 Å². The third-order valence-corrected chi connectivity index (χ3v) is 4.56. The number of aromatic nitrogens is 2. The standard InChI is InChI=1S/C20H17FN4O3/c1-28-13-8-6-12(7-9-13)14-11-22-25-17(10-18(26)24-19(14)25)20(27)23-16-5-3-2-4-15(16)21/h2-9,11,17H,10H2,1H3,(H,23,27)(H,24,26). The molecule has 3 aromatic rings. The van der Waals surface area contributed by atoms with Crippen LogP contribution in [0.15, 0.2) is 54.7 Å². The average Bonchev–Trinajstić information content (AvgIpc) is 3.12. The molecule has 142 valence electrons. The molecule has 1 unspecified atom stereocenters. The highest BCUT2D eigenvalue weighted by molar-refractivity contribution is 6.03. The molecule has 0 bridgehead atoms. The normalized spacial score (nSPS) is 15.5. The molecule has 1 aliphatic heterocycles. The summed E-state index contributed by atoms with van der Waals surface area (Å²) in [6.07, 6.45) is 1.50. The fourth-order valence-corrected chi connectivity index (χ4v) is 3.13. The van der Waals surface area contributed by atoms with Crippen LogP contribution in [0.2, 0.25) is 0 Å². The largest absolute Gasteiger partial charge is 0.497 e. The van der Waals surface area contributed by atoms with Crippen molar-refractivity contribution in [2.24, 2.45) is 0 Å². The van der Waals surface area contributed by atoms with Crippen molar-refractivity contribution in [2.75, 3.05) is 17.7 Å². The van der Waals surface area contributed by atoms with Gasteiger partial charge in [-0.25, -0.2) is 9.07 Å². The first-order valence-corrected chi connectivity index (χ1v) is 8.64. The van der Waals surface area contributed by atoms with Crippen molar-refractivity contribution >= 4 is 23.3 Å². The van der Waals surface area contributed by atoms with Gasteiger partial charge in [-0.05, 0) is 29.8 Å². The summed E-state index contributed by atoms with van der Waals surface area (Å²) in [5.41, 5.74) is 1.56. The Balaban J connectivity index is 1.66. The van der Waals surface area contributed by atoms with Gasteiger partial charge in [0.05, 0.1) is 25.4 Å². The van der Waals surface area contributed by atoms with E-state index in [0.29, 0.717) is 17.1 Å². The number of hydrogen-bond donors (Lipinski definition) is 2. The number of carbonyl (C=O) groups is 2. The summed E-state index contributed by atoms with van der Waals surface area (Å²) in [6, 6.07) is 12.3. The van der Waals surface area contributed by atoms with Crippen molar-refractivity contribution in [3.8, 4) is 16.9 Å². The summed E-state index contributed by atoms with van der Waals surface area (Å²) in [5.74, 6) is -0.233. The van der Waals surface area contributed by atoms with Gasteiger partial charge in [0, 0.05) is 5.56 Å². The second kappa shape index (κ2) is 7.15. The van der Waals surface area contributed by atoms with Crippen LogP contribution in [0.3, 0.4) is 0 Å². The molecule has 28 heavy (non-hydrogen) atoms. The highest BCUT2D eigenvalue weighted by atomic mass is 19.1. The second-order valence-electron chi connectivity index (χ2n) is 6.32. The van der Waals surface area contributed by atoms with Crippen LogP contribution in [0.5, 0.6) is 5.75 Å². The second-order valence-corrected chi connectivity index (χ2v) is 6.32. The molecule has 0 saturated heterocycles. The van der Waals surface area contributed by atoms with Crippen LogP contribution < -0.4 is 15.4 Å². The lowest BCUT2D eigenvalue weighted by molar-refractivity contribution is -0.125. The molecule has 2 heterocycles. The Hall–Kier alpha value is -3.68. The number of anilines is 2. The van der Waals surface area contributed by atoms with Crippen molar-refractivity contribution < 1.29 is 18.7 Å². The molecular formula is C20H17FN4O3. The van der Waals surface area contributed by atoms with E-state index in [-0.39, 0.29) is 18.0 Å². The smallest absolute Gasteiger partial charge is 0.249 e. The number of methoxy groups -OCH3 is 1. The lowest BCUT2D eigenvalue weighted by atomic mass is 10.1. The summed E-state index contributed by atoms with van der Waals surface area (Å²) in [6.45, 7) is 0. The first kappa shape index (κ1) is 17.7. The van der Waals surface area contributed by atoms with Gasteiger partial charge in [-0.3, -0.25) is 9.59 Å². The zero-order valence-corrected chi connectivity index (χ0v) is 15.0. The molecule has 0 fully saturated rings. The topological polar surface area (TPSA) is 85.2 Å². The molecule has 7 nitrogen and oxygen atoms in total. The van der Waals surface area contributed by atoms with Gasteiger partial charge in [0.15, 0.2) is 0 Å². The van der Waals surface area contributed by atoms with Crippen LogP contribution in [0.1, 0.15) is 12.5 Å². The Labute approximate surface area is 160 Å². The van der Waals surface area contributed by atoms with E-state index in [9.17, 15) is 14.0 Å². The molecule has 2 aromatic carbocycles. The number of benzene rings is 2. The van der Waals surface area contributed by atoms with Crippen molar-refractivity contribution in [2.45, 2.75) is 12.5 Å². The monoisotopic (exact) mass is 380 g/mol. The molecule has 0 aliphatic carbocycles. The van der Waals surface area contributed by atoms with Gasteiger partial charge in [0.25, 0.3) is 0 Å². The van der Waals surface area contributed by atoms with Crippen molar-refractivity contribution in [3.63, 3.8) is 0 Å². The molecule has 1 atom stereocenters. The Morgan fingerprint density at radius 3 is 2.71 bits per heavy atom. The third-order valence-electron chi connectivity index (χ3n) is 4.56. The first-order valence-electron chi connectivity index (χ1n) is 8.64. The van der Waals surface area contributed by atoms with Crippen LogP contribution in [-0.2, 0) is 9.59 Å². The number of nitrogens with one attached hydrogen (secondary N) is 2. The van der Waals surface area contributed by atoms with E-state index in [1.807, 2.05) is 12.1 Å². The lowest BCUT2D eigenvalue weighted by Crippen LogP contribution is -2.36. The molecule has 1 aromatic heterocycles. The minimum Gasteiger partial charge on any atom is -0.497 e. The molecule has 2 N–H and O–H groups in total. The maximum atomic E-state index is 13.9. The average molecular weight is 380 g/mol. The number of carbonyl (C=O) groups excluding carboxylic acids is 2. The quantitative estimate of drug-likeness (QED) is 0.728. The van der Waals surface area contributed by atoms with Crippen molar-refractivity contribution in [1.82, 2.24) is 9.78 Å². The number of ether oxygens (including phenoxy) is 1. The zero-order chi connectivity index (χ0) is 19.7. The Kier molecular flexibility index (Phi) is 4.52. The van der Waals surface area contributed by atoms with Gasteiger partial charge < -0.3 is 15.4 Å². The van der Waals surface area contributed by atoms with E-state index in [2.05, 4.69) is 15.7 Å². The Bertz CT molecular complexity index is 1050. The Morgan fingerprint density at radius 2 is 2.00 bits per heavy atom. The maximum Gasteiger partial charge on any atom is 0.249 e. The number of rotatable bonds is 4. The summed E-state index contributed by atoms with van der Waals surface area (Å²) < 4.78 is 20.5. The van der Waals surface area contributed by atoms with Crippen LogP contribution in [0.25, 0.3) is 11.1 Å². The summed E-state index contributed by atoms with van der Waals surface area (Å²) >= 11 is 0. The van der Waals surface area contributed by atoms with E-state index >= 15 is 0 Å². The van der Waals surface area contributed by atoms with E-state index in [0.717, 1.165) is 5.56 Å². The molecule has 1 aliphatic rings. The molecule has 0 saturated carbocycles. The maximum absolute atomic E-state index is 13.9. The number of hydrogen-bond acceptors (Lipinski definition) is 4. The van der Waals surface area contributed by atoms with E-state index in [1.54, 1.807) is 31.5 Å². The van der Waals surface area contributed by atoms with Gasteiger partial charge in [-0.15, -0.1) is 0 Å². The van der Waals surface area contributed by atoms with Gasteiger partial charge in [-0.1, -0.05) is 24.3 Å². The third kappa shape index (κ3) is 3.20. The van der Waals surface area contributed by atoms with Gasteiger partial charge >= 0.3 is 0 Å².